The Morgan fingerprint density at radius 1 is 1.00 bits per heavy atom. The monoisotopic (exact) mass is 270 g/mol. The first kappa shape index (κ1) is 13.0. The molecule has 0 spiro atoms. The average molecular weight is 270 g/mol. The fraction of sp³-hybridized carbons (Fsp3) is 0.294. The minimum atomic E-state index is -0.653. The molecule has 20 heavy (non-hydrogen) atoms. The maximum Gasteiger partial charge on any atom is 0.119 e. The van der Waals surface area contributed by atoms with Crippen LogP contribution in [0.2, 0.25) is 0 Å². The second-order valence-corrected chi connectivity index (χ2v) is 5.07. The van der Waals surface area contributed by atoms with Crippen LogP contribution in [-0.2, 0) is 0 Å². The summed E-state index contributed by atoms with van der Waals surface area (Å²) in [5.74, 6) is 1.62. The van der Waals surface area contributed by atoms with Crippen molar-refractivity contribution in [2.24, 2.45) is 0 Å². The molecular formula is C17H18O3. The van der Waals surface area contributed by atoms with Gasteiger partial charge in [-0.2, -0.15) is 0 Å². The fourth-order valence-corrected chi connectivity index (χ4v) is 2.11. The molecule has 104 valence electrons. The molecule has 1 saturated carbocycles. The van der Waals surface area contributed by atoms with Crippen LogP contribution in [0.5, 0.6) is 11.5 Å². The SMILES string of the molecule is COc1cccc(C(O)c2ccc(OC3CC3)cc2)c1. The lowest BCUT2D eigenvalue weighted by Gasteiger charge is -2.13. The Kier molecular flexibility index (Phi) is 3.61. The molecule has 0 aliphatic heterocycles. The van der Waals surface area contributed by atoms with Gasteiger partial charge < -0.3 is 14.6 Å². The van der Waals surface area contributed by atoms with Crippen molar-refractivity contribution in [1.29, 1.82) is 0 Å². The zero-order chi connectivity index (χ0) is 13.9. The average Bonchev–Trinajstić information content (AvgIpc) is 3.31. The van der Waals surface area contributed by atoms with E-state index in [2.05, 4.69) is 0 Å². The predicted octanol–water partition coefficient (Wildman–Crippen LogP) is 3.32. The third-order valence-corrected chi connectivity index (χ3v) is 3.43. The normalized spacial score (nSPS) is 15.7. The van der Waals surface area contributed by atoms with E-state index in [-0.39, 0.29) is 0 Å². The van der Waals surface area contributed by atoms with E-state index in [0.29, 0.717) is 6.10 Å². The van der Waals surface area contributed by atoms with Crippen LogP contribution in [-0.4, -0.2) is 18.3 Å². The summed E-state index contributed by atoms with van der Waals surface area (Å²) in [5.41, 5.74) is 1.67. The van der Waals surface area contributed by atoms with Gasteiger partial charge in [-0.25, -0.2) is 0 Å². The van der Waals surface area contributed by atoms with Gasteiger partial charge in [0.05, 0.1) is 13.2 Å². The molecule has 1 aliphatic rings. The van der Waals surface area contributed by atoms with Gasteiger partial charge in [0.1, 0.15) is 17.6 Å². The van der Waals surface area contributed by atoms with Crippen molar-refractivity contribution in [2.75, 3.05) is 7.11 Å². The van der Waals surface area contributed by atoms with Crippen LogP contribution in [0.15, 0.2) is 48.5 Å². The van der Waals surface area contributed by atoms with E-state index in [1.807, 2.05) is 48.5 Å². The van der Waals surface area contributed by atoms with Gasteiger partial charge in [0, 0.05) is 0 Å². The maximum atomic E-state index is 10.4. The Labute approximate surface area is 118 Å². The lowest BCUT2D eigenvalue weighted by Crippen LogP contribution is -2.01. The fourth-order valence-electron chi connectivity index (χ4n) is 2.11. The molecule has 1 aliphatic carbocycles. The molecule has 0 heterocycles. The molecule has 0 bridgehead atoms. The van der Waals surface area contributed by atoms with Crippen molar-refractivity contribution < 1.29 is 14.6 Å². The van der Waals surface area contributed by atoms with Gasteiger partial charge >= 0.3 is 0 Å². The van der Waals surface area contributed by atoms with Crippen molar-refractivity contribution >= 4 is 0 Å². The van der Waals surface area contributed by atoms with Crippen LogP contribution < -0.4 is 9.47 Å². The molecule has 2 aromatic carbocycles. The Hall–Kier alpha value is -2.00. The number of aliphatic hydroxyl groups excluding tert-OH is 1. The van der Waals surface area contributed by atoms with Crippen LogP contribution >= 0.6 is 0 Å². The van der Waals surface area contributed by atoms with Gasteiger partial charge in [-0.3, -0.25) is 0 Å². The second kappa shape index (κ2) is 5.55. The van der Waals surface area contributed by atoms with E-state index in [4.69, 9.17) is 9.47 Å². The number of hydrogen-bond donors (Lipinski definition) is 1. The molecule has 0 aromatic heterocycles. The van der Waals surface area contributed by atoms with Gasteiger partial charge in [0.2, 0.25) is 0 Å². The molecule has 2 aromatic rings. The van der Waals surface area contributed by atoms with E-state index >= 15 is 0 Å². The summed E-state index contributed by atoms with van der Waals surface area (Å²) < 4.78 is 10.9. The van der Waals surface area contributed by atoms with Crippen LogP contribution in [0.3, 0.4) is 0 Å². The second-order valence-electron chi connectivity index (χ2n) is 5.07. The molecule has 1 unspecified atom stereocenters. The lowest BCUT2D eigenvalue weighted by atomic mass is 10.0. The zero-order valence-corrected chi connectivity index (χ0v) is 11.5. The molecule has 1 atom stereocenters. The summed E-state index contributed by atoms with van der Waals surface area (Å²) in [6.45, 7) is 0. The summed E-state index contributed by atoms with van der Waals surface area (Å²) >= 11 is 0. The first-order valence-electron chi connectivity index (χ1n) is 6.85. The molecule has 1 fully saturated rings. The standard InChI is InChI=1S/C17H18O3/c1-19-16-4-2-3-13(11-16)17(18)12-5-7-14(8-6-12)20-15-9-10-15/h2-8,11,15,17-18H,9-10H2,1H3. The lowest BCUT2D eigenvalue weighted by molar-refractivity contribution is 0.219. The highest BCUT2D eigenvalue weighted by Gasteiger charge is 2.23. The number of methoxy groups -OCH3 is 1. The van der Waals surface area contributed by atoms with E-state index in [9.17, 15) is 5.11 Å². The topological polar surface area (TPSA) is 38.7 Å². The minimum absolute atomic E-state index is 0.393. The summed E-state index contributed by atoms with van der Waals surface area (Å²) in [6, 6.07) is 15.1. The van der Waals surface area contributed by atoms with Gasteiger partial charge in [-0.15, -0.1) is 0 Å². The van der Waals surface area contributed by atoms with Gasteiger partial charge in [0.15, 0.2) is 0 Å². The largest absolute Gasteiger partial charge is 0.497 e. The van der Waals surface area contributed by atoms with E-state index in [1.54, 1.807) is 7.11 Å². The highest BCUT2D eigenvalue weighted by Crippen LogP contribution is 2.29. The molecule has 3 nitrogen and oxygen atoms in total. The summed E-state index contributed by atoms with van der Waals surface area (Å²) in [5, 5.41) is 10.4. The maximum absolute atomic E-state index is 10.4. The van der Waals surface area contributed by atoms with Crippen molar-refractivity contribution in [2.45, 2.75) is 25.0 Å². The Balaban J connectivity index is 1.76. The van der Waals surface area contributed by atoms with Crippen LogP contribution in [0.25, 0.3) is 0 Å². The number of aliphatic hydroxyl groups is 1. The molecule has 3 heteroatoms. The van der Waals surface area contributed by atoms with Crippen LogP contribution in [0, 0.1) is 0 Å². The van der Waals surface area contributed by atoms with E-state index < -0.39 is 6.10 Å². The molecular weight excluding hydrogens is 252 g/mol. The van der Waals surface area contributed by atoms with Crippen molar-refractivity contribution in [1.82, 2.24) is 0 Å². The Morgan fingerprint density at radius 2 is 1.75 bits per heavy atom. The quantitative estimate of drug-likeness (QED) is 0.905. The molecule has 1 N–H and O–H groups in total. The number of hydrogen-bond acceptors (Lipinski definition) is 3. The highest BCUT2D eigenvalue weighted by atomic mass is 16.5. The third kappa shape index (κ3) is 2.94. The van der Waals surface area contributed by atoms with Crippen molar-refractivity contribution in [3.05, 3.63) is 59.7 Å². The minimum Gasteiger partial charge on any atom is -0.497 e. The first-order chi connectivity index (χ1) is 9.76. The molecule has 0 radical (unpaired) electrons. The summed E-state index contributed by atoms with van der Waals surface area (Å²) in [7, 11) is 1.62. The molecule has 0 amide bonds. The Morgan fingerprint density at radius 3 is 2.40 bits per heavy atom. The third-order valence-electron chi connectivity index (χ3n) is 3.43. The van der Waals surface area contributed by atoms with Gasteiger partial charge in [-0.05, 0) is 48.2 Å². The van der Waals surface area contributed by atoms with Crippen LogP contribution in [0.4, 0.5) is 0 Å². The zero-order valence-electron chi connectivity index (χ0n) is 11.5. The van der Waals surface area contributed by atoms with Crippen molar-refractivity contribution in [3.8, 4) is 11.5 Å². The molecule has 0 saturated heterocycles. The van der Waals surface area contributed by atoms with Gasteiger partial charge in [-0.1, -0.05) is 24.3 Å². The van der Waals surface area contributed by atoms with Crippen molar-refractivity contribution in [3.63, 3.8) is 0 Å². The Bertz CT molecular complexity index is 573. The van der Waals surface area contributed by atoms with E-state index in [1.165, 1.54) is 0 Å². The summed E-state index contributed by atoms with van der Waals surface area (Å²) in [4.78, 5) is 0. The smallest absolute Gasteiger partial charge is 0.119 e. The van der Waals surface area contributed by atoms with Gasteiger partial charge in [0.25, 0.3) is 0 Å². The molecule has 3 rings (SSSR count). The number of benzene rings is 2. The van der Waals surface area contributed by atoms with Crippen LogP contribution in [0.1, 0.15) is 30.1 Å². The van der Waals surface area contributed by atoms with E-state index in [0.717, 1.165) is 35.5 Å². The predicted molar refractivity (Wildman–Crippen MR) is 77.1 cm³/mol. The summed E-state index contributed by atoms with van der Waals surface area (Å²) in [6.07, 6.45) is 2.03. The first-order valence-corrected chi connectivity index (χ1v) is 6.85. The number of ether oxygens (including phenoxy) is 2. The number of rotatable bonds is 5. The highest BCUT2D eigenvalue weighted by molar-refractivity contribution is 5.37.